The number of hydrogen-bond donors (Lipinski definition) is 3. The maximum atomic E-state index is 12.8. The predicted octanol–water partition coefficient (Wildman–Crippen LogP) is 4.46. The fourth-order valence-electron chi connectivity index (χ4n) is 2.99. The van der Waals surface area contributed by atoms with Crippen molar-refractivity contribution < 1.29 is 18.7 Å². The number of nitrogens with one attached hydrogen (secondary N) is 3. The minimum Gasteiger partial charge on any atom is -0.493 e. The van der Waals surface area contributed by atoms with Crippen LogP contribution in [0.1, 0.15) is 42.9 Å². The Hall–Kier alpha value is -3.48. The zero-order valence-electron chi connectivity index (χ0n) is 16.9. The molecular weight excluding hydrogens is 370 g/mol. The smallest absolute Gasteiger partial charge is 0.319 e. The highest BCUT2D eigenvalue weighted by Gasteiger charge is 2.19. The Morgan fingerprint density at radius 1 is 1.00 bits per heavy atom. The maximum absolute atomic E-state index is 12.8. The van der Waals surface area contributed by atoms with E-state index in [1.165, 1.54) is 0 Å². The molecule has 0 fully saturated rings. The normalized spacial score (nSPS) is 11.9. The Bertz CT molecular complexity index is 1030. The minimum atomic E-state index is -0.378. The molecule has 0 bridgehead atoms. The first-order chi connectivity index (χ1) is 13.9. The first-order valence-electron chi connectivity index (χ1n) is 9.43. The van der Waals surface area contributed by atoms with Gasteiger partial charge in [-0.2, -0.15) is 0 Å². The van der Waals surface area contributed by atoms with Crippen molar-refractivity contribution in [2.45, 2.75) is 32.9 Å². The van der Waals surface area contributed by atoms with Gasteiger partial charge in [0.05, 0.1) is 24.4 Å². The number of rotatable bonds is 6. The molecule has 1 atom stereocenters. The summed E-state index contributed by atoms with van der Waals surface area (Å²) in [4.78, 5) is 24.9. The number of para-hydroxylation sites is 2. The standard InChI is InChI=1S/C22H25N3O4/c1-13(2)23-22(27)25-17-10-6-5-9-16(17)21(26)24-14(3)19-12-15-8-7-11-18(28-4)20(15)29-19/h5-14H,1-4H3,(H,24,26)(H2,23,25,27). The Labute approximate surface area is 169 Å². The molecule has 0 radical (unpaired) electrons. The van der Waals surface area contributed by atoms with Crippen molar-refractivity contribution in [1.82, 2.24) is 10.6 Å². The second kappa shape index (κ2) is 8.68. The van der Waals surface area contributed by atoms with Crippen LogP contribution in [0, 0.1) is 0 Å². The lowest BCUT2D eigenvalue weighted by molar-refractivity contribution is 0.0936. The first kappa shape index (κ1) is 20.3. The molecule has 1 heterocycles. The number of hydrogen-bond acceptors (Lipinski definition) is 4. The van der Waals surface area contributed by atoms with Gasteiger partial charge >= 0.3 is 6.03 Å². The van der Waals surface area contributed by atoms with Crippen molar-refractivity contribution in [3.63, 3.8) is 0 Å². The third kappa shape index (κ3) is 4.68. The second-order valence-electron chi connectivity index (χ2n) is 7.02. The highest BCUT2D eigenvalue weighted by atomic mass is 16.5. The average Bonchev–Trinajstić information content (AvgIpc) is 3.12. The van der Waals surface area contributed by atoms with E-state index in [2.05, 4.69) is 16.0 Å². The van der Waals surface area contributed by atoms with Crippen molar-refractivity contribution >= 4 is 28.6 Å². The van der Waals surface area contributed by atoms with Crippen LogP contribution in [0.15, 0.2) is 52.9 Å². The number of methoxy groups -OCH3 is 1. The van der Waals surface area contributed by atoms with Crippen molar-refractivity contribution in [1.29, 1.82) is 0 Å². The van der Waals surface area contributed by atoms with Gasteiger partial charge < -0.3 is 25.1 Å². The number of urea groups is 1. The molecule has 3 N–H and O–H groups in total. The molecule has 152 valence electrons. The summed E-state index contributed by atoms with van der Waals surface area (Å²) in [6, 6.07) is 13.6. The first-order valence-corrected chi connectivity index (χ1v) is 9.43. The Morgan fingerprint density at radius 2 is 1.76 bits per heavy atom. The van der Waals surface area contributed by atoms with E-state index >= 15 is 0 Å². The third-order valence-corrected chi connectivity index (χ3v) is 4.36. The fourth-order valence-corrected chi connectivity index (χ4v) is 2.99. The molecule has 1 aromatic heterocycles. The number of furan rings is 1. The van der Waals surface area contributed by atoms with Crippen LogP contribution in [0.4, 0.5) is 10.5 Å². The average molecular weight is 395 g/mol. The van der Waals surface area contributed by atoms with Gasteiger partial charge in [0, 0.05) is 11.4 Å². The van der Waals surface area contributed by atoms with E-state index in [0.29, 0.717) is 28.3 Å². The zero-order valence-corrected chi connectivity index (χ0v) is 16.9. The minimum absolute atomic E-state index is 0.0129. The highest BCUT2D eigenvalue weighted by molar-refractivity contribution is 6.03. The summed E-state index contributed by atoms with van der Waals surface area (Å²) in [5.74, 6) is 0.934. The monoisotopic (exact) mass is 395 g/mol. The summed E-state index contributed by atoms with van der Waals surface area (Å²) in [5, 5.41) is 9.28. The van der Waals surface area contributed by atoms with Gasteiger partial charge in [-0.1, -0.05) is 24.3 Å². The molecule has 3 rings (SSSR count). The van der Waals surface area contributed by atoms with E-state index in [1.54, 1.807) is 31.4 Å². The number of anilines is 1. The molecule has 1 unspecified atom stereocenters. The molecule has 3 aromatic rings. The molecule has 7 heteroatoms. The number of carbonyl (C=O) groups excluding carboxylic acids is 2. The molecule has 0 spiro atoms. The Kier molecular flexibility index (Phi) is 6.07. The highest BCUT2D eigenvalue weighted by Crippen LogP contribution is 2.31. The molecule has 29 heavy (non-hydrogen) atoms. The van der Waals surface area contributed by atoms with Gasteiger partial charge in [-0.05, 0) is 45.0 Å². The quantitative estimate of drug-likeness (QED) is 0.574. The molecule has 0 aliphatic rings. The largest absolute Gasteiger partial charge is 0.493 e. The van der Waals surface area contributed by atoms with Gasteiger partial charge in [0.15, 0.2) is 11.3 Å². The predicted molar refractivity (Wildman–Crippen MR) is 112 cm³/mol. The van der Waals surface area contributed by atoms with E-state index in [9.17, 15) is 9.59 Å². The lowest BCUT2D eigenvalue weighted by Gasteiger charge is -2.15. The zero-order chi connectivity index (χ0) is 21.0. The third-order valence-electron chi connectivity index (χ3n) is 4.36. The molecule has 0 aliphatic carbocycles. The number of ether oxygens (including phenoxy) is 1. The number of carbonyl (C=O) groups is 2. The lowest BCUT2D eigenvalue weighted by Crippen LogP contribution is -2.35. The summed E-state index contributed by atoms with van der Waals surface area (Å²) >= 11 is 0. The van der Waals surface area contributed by atoms with Crippen LogP contribution in [0.3, 0.4) is 0 Å². The summed E-state index contributed by atoms with van der Waals surface area (Å²) in [5.41, 5.74) is 1.44. The summed E-state index contributed by atoms with van der Waals surface area (Å²) in [6.07, 6.45) is 0. The number of amides is 3. The van der Waals surface area contributed by atoms with Crippen LogP contribution < -0.4 is 20.7 Å². The van der Waals surface area contributed by atoms with E-state index in [-0.39, 0.29) is 24.0 Å². The second-order valence-corrected chi connectivity index (χ2v) is 7.02. The molecule has 0 saturated carbocycles. The molecule has 2 aromatic carbocycles. The van der Waals surface area contributed by atoms with Crippen LogP contribution in [0.5, 0.6) is 5.75 Å². The fraction of sp³-hybridized carbons (Fsp3) is 0.273. The van der Waals surface area contributed by atoms with E-state index in [0.717, 1.165) is 5.39 Å². The lowest BCUT2D eigenvalue weighted by atomic mass is 10.1. The summed E-state index contributed by atoms with van der Waals surface area (Å²) in [6.45, 7) is 5.56. The van der Waals surface area contributed by atoms with E-state index in [4.69, 9.17) is 9.15 Å². The number of benzene rings is 2. The van der Waals surface area contributed by atoms with Crippen molar-refractivity contribution in [3.8, 4) is 5.75 Å². The van der Waals surface area contributed by atoms with E-state index in [1.807, 2.05) is 45.0 Å². The molecule has 0 aliphatic heterocycles. The van der Waals surface area contributed by atoms with Crippen molar-refractivity contribution in [2.24, 2.45) is 0 Å². The molecule has 3 amide bonds. The Morgan fingerprint density at radius 3 is 2.48 bits per heavy atom. The summed E-state index contributed by atoms with van der Waals surface area (Å²) < 4.78 is 11.2. The molecular formula is C22H25N3O4. The van der Waals surface area contributed by atoms with Gasteiger partial charge in [-0.25, -0.2) is 4.79 Å². The van der Waals surface area contributed by atoms with Crippen molar-refractivity contribution in [3.05, 3.63) is 59.9 Å². The number of fused-ring (bicyclic) bond motifs is 1. The Balaban J connectivity index is 1.77. The van der Waals surface area contributed by atoms with Crippen LogP contribution in [0.2, 0.25) is 0 Å². The van der Waals surface area contributed by atoms with E-state index < -0.39 is 0 Å². The van der Waals surface area contributed by atoms with Gasteiger partial charge in [-0.15, -0.1) is 0 Å². The molecule has 7 nitrogen and oxygen atoms in total. The topological polar surface area (TPSA) is 92.6 Å². The van der Waals surface area contributed by atoms with Gasteiger partial charge in [-0.3, -0.25) is 4.79 Å². The van der Waals surface area contributed by atoms with Crippen LogP contribution in [-0.4, -0.2) is 25.1 Å². The van der Waals surface area contributed by atoms with Gasteiger partial charge in [0.2, 0.25) is 0 Å². The van der Waals surface area contributed by atoms with Gasteiger partial charge in [0.1, 0.15) is 5.76 Å². The maximum Gasteiger partial charge on any atom is 0.319 e. The summed E-state index contributed by atoms with van der Waals surface area (Å²) in [7, 11) is 1.58. The van der Waals surface area contributed by atoms with Crippen LogP contribution in [0.25, 0.3) is 11.0 Å². The van der Waals surface area contributed by atoms with Crippen LogP contribution >= 0.6 is 0 Å². The molecule has 0 saturated heterocycles. The van der Waals surface area contributed by atoms with Crippen LogP contribution in [-0.2, 0) is 0 Å². The SMILES string of the molecule is COc1cccc2cc(C(C)NC(=O)c3ccccc3NC(=O)NC(C)C)oc12. The van der Waals surface area contributed by atoms with Gasteiger partial charge in [0.25, 0.3) is 5.91 Å². The van der Waals surface area contributed by atoms with Crippen molar-refractivity contribution in [2.75, 3.05) is 12.4 Å².